The van der Waals surface area contributed by atoms with E-state index in [4.69, 9.17) is 0 Å². The Bertz CT molecular complexity index is 1080. The molecule has 1 aliphatic heterocycles. The van der Waals surface area contributed by atoms with Crippen LogP contribution in [0.1, 0.15) is 35.8 Å². The van der Waals surface area contributed by atoms with E-state index in [-0.39, 0.29) is 11.8 Å². The molecular formula is C21H22FN5O2. The van der Waals surface area contributed by atoms with E-state index in [1.54, 1.807) is 18.5 Å². The van der Waals surface area contributed by atoms with Gasteiger partial charge in [-0.05, 0) is 29.7 Å². The van der Waals surface area contributed by atoms with Crippen molar-refractivity contribution in [1.82, 2.24) is 24.8 Å². The highest BCUT2D eigenvalue weighted by Crippen LogP contribution is 2.26. The van der Waals surface area contributed by atoms with Gasteiger partial charge in [-0.1, -0.05) is 26.0 Å². The molecular weight excluding hydrogens is 373 g/mol. The molecule has 1 aliphatic rings. The minimum atomic E-state index is -0.888. The smallest absolute Gasteiger partial charge is 0.256 e. The minimum absolute atomic E-state index is 0.325. The molecule has 0 aliphatic carbocycles. The van der Waals surface area contributed by atoms with E-state index < -0.39 is 11.9 Å². The predicted octanol–water partition coefficient (Wildman–Crippen LogP) is 2.54. The zero-order valence-electron chi connectivity index (χ0n) is 16.3. The zero-order valence-corrected chi connectivity index (χ0v) is 16.3. The summed E-state index contributed by atoms with van der Waals surface area (Å²) in [6.07, 6.45) is 3.23. The third-order valence-electron chi connectivity index (χ3n) is 4.90. The van der Waals surface area contributed by atoms with E-state index in [1.165, 1.54) is 29.3 Å². The van der Waals surface area contributed by atoms with Gasteiger partial charge in [0.25, 0.3) is 5.91 Å². The van der Waals surface area contributed by atoms with Crippen LogP contribution in [0.25, 0.3) is 11.2 Å². The highest BCUT2D eigenvalue weighted by atomic mass is 19.1. The fourth-order valence-electron chi connectivity index (χ4n) is 3.65. The highest BCUT2D eigenvalue weighted by molar-refractivity contribution is 6.00. The number of aromatic nitrogens is 3. The van der Waals surface area contributed by atoms with Crippen LogP contribution in [0.5, 0.6) is 0 Å². The standard InChI is InChI=1S/C21H22FN5O2/c1-13(2)11-26-12-25-17-9-15(10-24-19(17)26)21(29)27-7-6-23-20(28)18(27)14-4-3-5-16(22)8-14/h3-5,8-10,12-13,18H,6-7,11H2,1-2H3,(H,23,28). The molecule has 1 saturated heterocycles. The molecule has 0 spiro atoms. The summed E-state index contributed by atoms with van der Waals surface area (Å²) in [4.78, 5) is 36.0. The van der Waals surface area contributed by atoms with Crippen LogP contribution in [-0.2, 0) is 11.3 Å². The molecule has 3 aromatic rings. The van der Waals surface area contributed by atoms with Crippen molar-refractivity contribution in [3.63, 3.8) is 0 Å². The van der Waals surface area contributed by atoms with Gasteiger partial charge in [-0.3, -0.25) is 9.59 Å². The summed E-state index contributed by atoms with van der Waals surface area (Å²) in [7, 11) is 0. The Morgan fingerprint density at radius 1 is 1.31 bits per heavy atom. The van der Waals surface area contributed by atoms with Crippen molar-refractivity contribution in [2.45, 2.75) is 26.4 Å². The Morgan fingerprint density at radius 3 is 2.90 bits per heavy atom. The Hall–Kier alpha value is -3.29. The van der Waals surface area contributed by atoms with Crippen LogP contribution in [0.3, 0.4) is 0 Å². The van der Waals surface area contributed by atoms with Gasteiger partial charge in [0.1, 0.15) is 17.4 Å². The number of hydrogen-bond donors (Lipinski definition) is 1. The quantitative estimate of drug-likeness (QED) is 0.736. The number of fused-ring (bicyclic) bond motifs is 1. The summed E-state index contributed by atoms with van der Waals surface area (Å²) in [5, 5.41) is 2.75. The summed E-state index contributed by atoms with van der Waals surface area (Å²) in [6.45, 7) is 5.67. The molecule has 29 heavy (non-hydrogen) atoms. The summed E-state index contributed by atoms with van der Waals surface area (Å²) in [5.41, 5.74) is 2.13. The first kappa shape index (κ1) is 19.0. The fraction of sp³-hybridized carbons (Fsp3) is 0.333. The van der Waals surface area contributed by atoms with Gasteiger partial charge in [-0.25, -0.2) is 14.4 Å². The largest absolute Gasteiger partial charge is 0.352 e. The van der Waals surface area contributed by atoms with E-state index in [0.717, 1.165) is 6.54 Å². The third-order valence-corrected chi connectivity index (χ3v) is 4.90. The Labute approximate surface area is 167 Å². The predicted molar refractivity (Wildman–Crippen MR) is 106 cm³/mol. The third kappa shape index (κ3) is 3.70. The number of nitrogens with zero attached hydrogens (tertiary/aromatic N) is 4. The van der Waals surface area contributed by atoms with Crippen LogP contribution in [0.15, 0.2) is 42.9 Å². The number of carbonyl (C=O) groups is 2. The summed E-state index contributed by atoms with van der Waals surface area (Å²) < 4.78 is 15.7. The molecule has 1 fully saturated rings. The van der Waals surface area contributed by atoms with Gasteiger partial charge < -0.3 is 14.8 Å². The molecule has 0 radical (unpaired) electrons. The molecule has 3 heterocycles. The number of benzene rings is 1. The van der Waals surface area contributed by atoms with Gasteiger partial charge in [0.05, 0.1) is 11.9 Å². The first-order valence-corrected chi connectivity index (χ1v) is 9.59. The number of pyridine rings is 1. The van der Waals surface area contributed by atoms with Gasteiger partial charge in [0, 0.05) is 25.8 Å². The SMILES string of the molecule is CC(C)Cn1cnc2cc(C(=O)N3CCNC(=O)C3c3cccc(F)c3)cnc21. The van der Waals surface area contributed by atoms with Crippen molar-refractivity contribution in [3.05, 3.63) is 59.8 Å². The van der Waals surface area contributed by atoms with Crippen LogP contribution < -0.4 is 5.32 Å². The van der Waals surface area contributed by atoms with Crippen LogP contribution in [0, 0.1) is 11.7 Å². The zero-order chi connectivity index (χ0) is 20.5. The van der Waals surface area contributed by atoms with Crippen molar-refractivity contribution in [3.8, 4) is 0 Å². The molecule has 1 aromatic carbocycles. The number of amides is 2. The number of piperazine rings is 1. The lowest BCUT2D eigenvalue weighted by molar-refractivity contribution is -0.128. The summed E-state index contributed by atoms with van der Waals surface area (Å²) in [5.74, 6) is -0.672. The Balaban J connectivity index is 1.67. The topological polar surface area (TPSA) is 80.1 Å². The first-order chi connectivity index (χ1) is 13.9. The van der Waals surface area contributed by atoms with Crippen molar-refractivity contribution in [1.29, 1.82) is 0 Å². The lowest BCUT2D eigenvalue weighted by Crippen LogP contribution is -2.52. The summed E-state index contributed by atoms with van der Waals surface area (Å²) in [6, 6.07) is 6.57. The molecule has 4 rings (SSSR count). The molecule has 8 heteroatoms. The number of carbonyl (C=O) groups excluding carboxylic acids is 2. The highest BCUT2D eigenvalue weighted by Gasteiger charge is 2.35. The van der Waals surface area contributed by atoms with Gasteiger partial charge >= 0.3 is 0 Å². The maximum Gasteiger partial charge on any atom is 0.256 e. The Kier molecular flexibility index (Phi) is 5.00. The average molecular weight is 395 g/mol. The lowest BCUT2D eigenvalue weighted by Gasteiger charge is -2.35. The Morgan fingerprint density at radius 2 is 2.14 bits per heavy atom. The second-order valence-corrected chi connectivity index (χ2v) is 7.60. The van der Waals surface area contributed by atoms with Crippen LogP contribution in [-0.4, -0.2) is 44.3 Å². The maximum absolute atomic E-state index is 13.7. The van der Waals surface area contributed by atoms with E-state index in [9.17, 15) is 14.0 Å². The van der Waals surface area contributed by atoms with Gasteiger partial charge in [-0.15, -0.1) is 0 Å². The fourth-order valence-corrected chi connectivity index (χ4v) is 3.65. The monoisotopic (exact) mass is 395 g/mol. The molecule has 1 N–H and O–H groups in total. The van der Waals surface area contributed by atoms with E-state index in [2.05, 4.69) is 29.1 Å². The van der Waals surface area contributed by atoms with E-state index in [0.29, 0.717) is 41.3 Å². The molecule has 7 nitrogen and oxygen atoms in total. The van der Waals surface area contributed by atoms with Crippen molar-refractivity contribution >= 4 is 23.0 Å². The molecule has 2 amide bonds. The molecule has 150 valence electrons. The maximum atomic E-state index is 13.7. The molecule has 2 aromatic heterocycles. The number of rotatable bonds is 4. The molecule has 1 atom stereocenters. The van der Waals surface area contributed by atoms with E-state index in [1.807, 2.05) is 4.57 Å². The number of nitrogens with one attached hydrogen (secondary N) is 1. The second kappa shape index (κ2) is 7.62. The van der Waals surface area contributed by atoms with E-state index >= 15 is 0 Å². The summed E-state index contributed by atoms with van der Waals surface area (Å²) >= 11 is 0. The normalized spacial score (nSPS) is 17.0. The number of halogens is 1. The van der Waals surface area contributed by atoms with Crippen LogP contribution >= 0.6 is 0 Å². The molecule has 0 saturated carbocycles. The van der Waals surface area contributed by atoms with Gasteiger partial charge in [0.2, 0.25) is 5.91 Å². The molecule has 0 bridgehead atoms. The average Bonchev–Trinajstić information content (AvgIpc) is 3.08. The minimum Gasteiger partial charge on any atom is -0.352 e. The number of hydrogen-bond acceptors (Lipinski definition) is 4. The van der Waals surface area contributed by atoms with Crippen LogP contribution in [0.2, 0.25) is 0 Å². The van der Waals surface area contributed by atoms with Crippen molar-refractivity contribution in [2.75, 3.05) is 13.1 Å². The van der Waals surface area contributed by atoms with Crippen molar-refractivity contribution in [2.24, 2.45) is 5.92 Å². The molecule has 1 unspecified atom stereocenters. The van der Waals surface area contributed by atoms with Gasteiger partial charge in [0.15, 0.2) is 5.65 Å². The van der Waals surface area contributed by atoms with Crippen molar-refractivity contribution < 1.29 is 14.0 Å². The first-order valence-electron chi connectivity index (χ1n) is 9.59. The lowest BCUT2D eigenvalue weighted by atomic mass is 10.0. The number of imidazole rings is 1. The second-order valence-electron chi connectivity index (χ2n) is 7.60. The van der Waals surface area contributed by atoms with Crippen LogP contribution in [0.4, 0.5) is 4.39 Å². The van der Waals surface area contributed by atoms with Gasteiger partial charge in [-0.2, -0.15) is 0 Å².